The van der Waals surface area contributed by atoms with E-state index in [1.54, 1.807) is 24.7 Å². The van der Waals surface area contributed by atoms with E-state index in [0.717, 1.165) is 12.1 Å². The third-order valence-corrected chi connectivity index (χ3v) is 4.86. The van der Waals surface area contributed by atoms with Crippen LogP contribution in [0.2, 0.25) is 0 Å². The summed E-state index contributed by atoms with van der Waals surface area (Å²) in [5.74, 6) is 0.648. The molecule has 0 aliphatic rings. The SMILES string of the molecule is CCC(CNC(=NC)NCCNC(=O)c1scnc1C)Oc1cccc(F)c1. The molecule has 28 heavy (non-hydrogen) atoms. The summed E-state index contributed by atoms with van der Waals surface area (Å²) in [5.41, 5.74) is 2.39. The van der Waals surface area contributed by atoms with E-state index in [1.807, 2.05) is 13.8 Å². The first-order valence-electron chi connectivity index (χ1n) is 9.08. The van der Waals surface area contributed by atoms with Crippen LogP contribution < -0.4 is 20.7 Å². The first-order valence-corrected chi connectivity index (χ1v) is 9.96. The van der Waals surface area contributed by atoms with Crippen LogP contribution in [-0.2, 0) is 0 Å². The van der Waals surface area contributed by atoms with Crippen LogP contribution >= 0.6 is 11.3 Å². The van der Waals surface area contributed by atoms with Crippen molar-refractivity contribution in [2.45, 2.75) is 26.4 Å². The lowest BCUT2D eigenvalue weighted by atomic mass is 10.2. The molecule has 2 rings (SSSR count). The number of thiazole rings is 1. The van der Waals surface area contributed by atoms with Crippen molar-refractivity contribution in [2.24, 2.45) is 4.99 Å². The van der Waals surface area contributed by atoms with E-state index in [4.69, 9.17) is 4.74 Å². The molecule has 0 bridgehead atoms. The zero-order chi connectivity index (χ0) is 20.4. The van der Waals surface area contributed by atoms with Gasteiger partial charge in [-0.25, -0.2) is 9.37 Å². The number of carbonyl (C=O) groups excluding carboxylic acids is 1. The number of guanidine groups is 1. The largest absolute Gasteiger partial charge is 0.489 e. The van der Waals surface area contributed by atoms with Gasteiger partial charge in [0.2, 0.25) is 0 Å². The van der Waals surface area contributed by atoms with Crippen molar-refractivity contribution in [3.8, 4) is 5.75 Å². The summed E-state index contributed by atoms with van der Waals surface area (Å²) in [5, 5.41) is 9.16. The van der Waals surface area contributed by atoms with Crippen molar-refractivity contribution in [1.82, 2.24) is 20.9 Å². The number of halogens is 1. The van der Waals surface area contributed by atoms with Gasteiger partial charge in [0.1, 0.15) is 22.5 Å². The van der Waals surface area contributed by atoms with Crippen LogP contribution in [0.3, 0.4) is 0 Å². The number of nitrogens with zero attached hydrogens (tertiary/aromatic N) is 2. The van der Waals surface area contributed by atoms with Gasteiger partial charge in [-0.05, 0) is 25.5 Å². The van der Waals surface area contributed by atoms with Crippen LogP contribution in [0.1, 0.15) is 28.7 Å². The maximum absolute atomic E-state index is 13.3. The first-order chi connectivity index (χ1) is 13.5. The molecule has 1 atom stereocenters. The molecule has 0 aliphatic carbocycles. The molecule has 9 heteroatoms. The van der Waals surface area contributed by atoms with Gasteiger partial charge in [-0.15, -0.1) is 11.3 Å². The van der Waals surface area contributed by atoms with Gasteiger partial charge < -0.3 is 20.7 Å². The summed E-state index contributed by atoms with van der Waals surface area (Å²) in [6.07, 6.45) is 0.625. The number of aliphatic imine (C=N–C) groups is 1. The van der Waals surface area contributed by atoms with E-state index in [1.165, 1.54) is 23.5 Å². The Morgan fingerprint density at radius 1 is 1.32 bits per heavy atom. The maximum Gasteiger partial charge on any atom is 0.263 e. The van der Waals surface area contributed by atoms with Gasteiger partial charge in [-0.3, -0.25) is 9.79 Å². The fourth-order valence-corrected chi connectivity index (χ4v) is 3.11. The van der Waals surface area contributed by atoms with Crippen molar-refractivity contribution < 1.29 is 13.9 Å². The maximum atomic E-state index is 13.3. The molecule has 0 spiro atoms. The average molecular weight is 408 g/mol. The Morgan fingerprint density at radius 3 is 2.75 bits per heavy atom. The quantitative estimate of drug-likeness (QED) is 0.337. The number of rotatable bonds is 9. The monoisotopic (exact) mass is 407 g/mol. The number of carbonyl (C=O) groups is 1. The molecule has 0 aliphatic heterocycles. The number of aromatic nitrogens is 1. The van der Waals surface area contributed by atoms with E-state index in [2.05, 4.69) is 25.9 Å². The zero-order valence-corrected chi connectivity index (χ0v) is 17.1. The molecule has 2 aromatic rings. The molecule has 0 fully saturated rings. The molecular formula is C19H26FN5O2S. The second-order valence-corrected chi connectivity index (χ2v) is 6.86. The molecule has 7 nitrogen and oxygen atoms in total. The van der Waals surface area contributed by atoms with Crippen LogP contribution in [0, 0.1) is 12.7 Å². The van der Waals surface area contributed by atoms with Gasteiger partial charge >= 0.3 is 0 Å². The van der Waals surface area contributed by atoms with E-state index in [-0.39, 0.29) is 17.8 Å². The summed E-state index contributed by atoms with van der Waals surface area (Å²) in [6.45, 7) is 5.29. The van der Waals surface area contributed by atoms with Gasteiger partial charge in [0.05, 0.1) is 17.7 Å². The number of nitrogens with one attached hydrogen (secondary N) is 3. The first kappa shape index (κ1) is 21.6. The van der Waals surface area contributed by atoms with Crippen LogP contribution in [0.4, 0.5) is 4.39 Å². The van der Waals surface area contributed by atoms with E-state index < -0.39 is 0 Å². The molecule has 1 aromatic heterocycles. The second-order valence-electron chi connectivity index (χ2n) is 6.01. The smallest absolute Gasteiger partial charge is 0.263 e. The van der Waals surface area contributed by atoms with Gasteiger partial charge in [-0.2, -0.15) is 0 Å². The molecule has 0 saturated carbocycles. The molecule has 152 valence electrons. The van der Waals surface area contributed by atoms with Crippen LogP contribution in [0.5, 0.6) is 5.75 Å². The van der Waals surface area contributed by atoms with E-state index in [0.29, 0.717) is 36.2 Å². The highest BCUT2D eigenvalue weighted by Crippen LogP contribution is 2.14. The second kappa shape index (κ2) is 11.2. The predicted octanol–water partition coefficient (Wildman–Crippen LogP) is 2.34. The molecular weight excluding hydrogens is 381 g/mol. The highest BCUT2D eigenvalue weighted by atomic mass is 32.1. The fraction of sp³-hybridized carbons (Fsp3) is 0.421. The predicted molar refractivity (Wildman–Crippen MR) is 110 cm³/mol. The Balaban J connectivity index is 1.71. The van der Waals surface area contributed by atoms with Crippen LogP contribution in [-0.4, -0.2) is 49.6 Å². The van der Waals surface area contributed by atoms with Crippen molar-refractivity contribution in [3.63, 3.8) is 0 Å². The highest BCUT2D eigenvalue weighted by molar-refractivity contribution is 7.11. The Hall–Kier alpha value is -2.68. The number of aryl methyl sites for hydroxylation is 1. The molecule has 0 saturated heterocycles. The minimum Gasteiger partial charge on any atom is -0.489 e. The topological polar surface area (TPSA) is 87.6 Å². The Bertz CT molecular complexity index is 796. The van der Waals surface area contributed by atoms with E-state index in [9.17, 15) is 9.18 Å². The minimum atomic E-state index is -0.326. The summed E-state index contributed by atoms with van der Waals surface area (Å²) in [7, 11) is 1.67. The fourth-order valence-electron chi connectivity index (χ4n) is 2.39. The molecule has 1 heterocycles. The highest BCUT2D eigenvalue weighted by Gasteiger charge is 2.12. The van der Waals surface area contributed by atoms with Crippen molar-refractivity contribution in [1.29, 1.82) is 0 Å². The number of amides is 1. The van der Waals surface area contributed by atoms with Crippen molar-refractivity contribution >= 4 is 23.2 Å². The number of hydrogen-bond donors (Lipinski definition) is 3. The standard InChI is InChI=1S/C19H26FN5O2S/c1-4-15(27-16-7-5-6-14(20)10-16)11-24-19(21-3)23-9-8-22-18(26)17-13(2)25-12-28-17/h5-7,10,12,15H,4,8-9,11H2,1-3H3,(H,22,26)(H2,21,23,24). The number of benzene rings is 1. The lowest BCUT2D eigenvalue weighted by Gasteiger charge is -2.20. The Labute approximate surface area is 168 Å². The van der Waals surface area contributed by atoms with Crippen LogP contribution in [0.25, 0.3) is 0 Å². The van der Waals surface area contributed by atoms with Crippen molar-refractivity contribution in [2.75, 3.05) is 26.7 Å². The van der Waals surface area contributed by atoms with Gasteiger partial charge in [0.25, 0.3) is 5.91 Å². The van der Waals surface area contributed by atoms with Gasteiger partial charge in [-0.1, -0.05) is 13.0 Å². The third kappa shape index (κ3) is 6.80. The van der Waals surface area contributed by atoms with E-state index >= 15 is 0 Å². The van der Waals surface area contributed by atoms with Crippen LogP contribution in [0.15, 0.2) is 34.8 Å². The lowest BCUT2D eigenvalue weighted by Crippen LogP contribution is -2.44. The summed E-state index contributed by atoms with van der Waals surface area (Å²) < 4.78 is 19.1. The molecule has 3 N–H and O–H groups in total. The normalized spacial score (nSPS) is 12.4. The molecule has 1 amide bonds. The lowest BCUT2D eigenvalue weighted by molar-refractivity contribution is 0.0957. The zero-order valence-electron chi connectivity index (χ0n) is 16.3. The number of ether oxygens (including phenoxy) is 1. The summed E-state index contributed by atoms with van der Waals surface area (Å²) >= 11 is 1.32. The van der Waals surface area contributed by atoms with Gasteiger partial charge in [0.15, 0.2) is 5.96 Å². The Kier molecular flexibility index (Phi) is 8.67. The van der Waals surface area contributed by atoms with Crippen molar-refractivity contribution in [3.05, 3.63) is 46.2 Å². The summed E-state index contributed by atoms with van der Waals surface area (Å²) in [4.78, 5) is 20.9. The van der Waals surface area contributed by atoms with Gasteiger partial charge in [0, 0.05) is 26.2 Å². The minimum absolute atomic E-state index is 0.126. The summed E-state index contributed by atoms with van der Waals surface area (Å²) in [6, 6.07) is 6.09. The molecule has 1 unspecified atom stereocenters. The third-order valence-electron chi connectivity index (χ3n) is 3.93. The Morgan fingerprint density at radius 2 is 2.11 bits per heavy atom. The number of hydrogen-bond acceptors (Lipinski definition) is 5. The molecule has 1 aromatic carbocycles. The average Bonchev–Trinajstić information content (AvgIpc) is 3.12. The molecule has 0 radical (unpaired) electrons.